The standard InChI is InChI=1S/C7H9ClN4OS/c1-9-6-10-5(8)11-7(12-6)14-4-2-13-3-4/h4H,2-3H2,1H3,(H,9,10,11,12). The van der Waals surface area contributed by atoms with Crippen molar-refractivity contribution in [1.29, 1.82) is 0 Å². The lowest BCUT2D eigenvalue weighted by Gasteiger charge is -2.24. The number of nitrogens with zero attached hydrogens (tertiary/aromatic N) is 3. The summed E-state index contributed by atoms with van der Waals surface area (Å²) < 4.78 is 5.05. The zero-order valence-electron chi connectivity index (χ0n) is 7.53. The van der Waals surface area contributed by atoms with E-state index in [9.17, 15) is 0 Å². The fourth-order valence-electron chi connectivity index (χ4n) is 0.928. The molecule has 0 spiro atoms. The van der Waals surface area contributed by atoms with Crippen LogP contribution in [0.2, 0.25) is 5.28 Å². The second kappa shape index (κ2) is 4.29. The van der Waals surface area contributed by atoms with Crippen molar-refractivity contribution in [3.05, 3.63) is 5.28 Å². The molecule has 1 fully saturated rings. The van der Waals surface area contributed by atoms with Crippen LogP contribution in [0.4, 0.5) is 5.95 Å². The summed E-state index contributed by atoms with van der Waals surface area (Å²) in [7, 11) is 1.74. The Hall–Kier alpha value is -0.590. The topological polar surface area (TPSA) is 59.9 Å². The zero-order valence-corrected chi connectivity index (χ0v) is 9.10. The molecule has 1 aromatic rings. The molecular weight excluding hydrogens is 224 g/mol. The molecule has 0 bridgehead atoms. The number of hydrogen-bond acceptors (Lipinski definition) is 6. The van der Waals surface area contributed by atoms with Crippen molar-refractivity contribution in [3.8, 4) is 0 Å². The predicted molar refractivity (Wildman–Crippen MR) is 54.8 cm³/mol. The first-order valence-corrected chi connectivity index (χ1v) is 5.37. The Morgan fingerprint density at radius 3 is 2.79 bits per heavy atom. The van der Waals surface area contributed by atoms with Crippen molar-refractivity contribution >= 4 is 29.3 Å². The van der Waals surface area contributed by atoms with Crippen LogP contribution >= 0.6 is 23.4 Å². The molecule has 2 rings (SSSR count). The molecule has 1 aliphatic rings. The van der Waals surface area contributed by atoms with Gasteiger partial charge in [0.25, 0.3) is 0 Å². The van der Waals surface area contributed by atoms with Gasteiger partial charge < -0.3 is 10.1 Å². The van der Waals surface area contributed by atoms with Crippen LogP contribution in [0, 0.1) is 0 Å². The fraction of sp³-hybridized carbons (Fsp3) is 0.571. The van der Waals surface area contributed by atoms with Crippen LogP contribution in [0.25, 0.3) is 0 Å². The normalized spacial score (nSPS) is 16.4. The number of halogens is 1. The zero-order chi connectivity index (χ0) is 9.97. The molecule has 0 aromatic carbocycles. The summed E-state index contributed by atoms with van der Waals surface area (Å²) in [4.78, 5) is 12.1. The Balaban J connectivity index is 2.11. The number of aromatic nitrogens is 3. The summed E-state index contributed by atoms with van der Waals surface area (Å²) in [6.45, 7) is 1.51. The number of ether oxygens (including phenoxy) is 1. The van der Waals surface area contributed by atoms with Gasteiger partial charge >= 0.3 is 0 Å². The van der Waals surface area contributed by atoms with Gasteiger partial charge in [-0.15, -0.1) is 0 Å². The Kier molecular flexibility index (Phi) is 3.05. The van der Waals surface area contributed by atoms with E-state index in [0.29, 0.717) is 16.4 Å². The first kappa shape index (κ1) is 9.95. The second-order valence-corrected chi connectivity index (χ2v) is 4.34. The molecule has 1 N–H and O–H groups in total. The molecule has 5 nitrogen and oxygen atoms in total. The molecule has 7 heteroatoms. The molecule has 0 atom stereocenters. The smallest absolute Gasteiger partial charge is 0.228 e. The summed E-state index contributed by atoms with van der Waals surface area (Å²) in [6.07, 6.45) is 0. The van der Waals surface area contributed by atoms with E-state index >= 15 is 0 Å². The number of hydrogen-bond donors (Lipinski definition) is 1. The minimum Gasteiger partial charge on any atom is -0.379 e. The fourth-order valence-corrected chi connectivity index (χ4v) is 2.04. The number of rotatable bonds is 3. The van der Waals surface area contributed by atoms with Crippen LogP contribution in [-0.4, -0.2) is 40.5 Å². The molecule has 0 amide bonds. The van der Waals surface area contributed by atoms with Crippen LogP contribution in [0.3, 0.4) is 0 Å². The quantitative estimate of drug-likeness (QED) is 0.841. The van der Waals surface area contributed by atoms with E-state index in [-0.39, 0.29) is 5.28 Å². The average molecular weight is 233 g/mol. The lowest BCUT2D eigenvalue weighted by Crippen LogP contribution is -2.30. The maximum absolute atomic E-state index is 5.73. The highest BCUT2D eigenvalue weighted by molar-refractivity contribution is 7.99. The van der Waals surface area contributed by atoms with Gasteiger partial charge in [-0.25, -0.2) is 0 Å². The summed E-state index contributed by atoms with van der Waals surface area (Å²) in [6, 6.07) is 0. The number of thioether (sulfide) groups is 1. The van der Waals surface area contributed by atoms with E-state index in [2.05, 4.69) is 20.3 Å². The molecule has 76 valence electrons. The van der Waals surface area contributed by atoms with Crippen molar-refractivity contribution in [2.45, 2.75) is 10.4 Å². The minimum atomic E-state index is 0.215. The van der Waals surface area contributed by atoms with Crippen LogP contribution in [0.15, 0.2) is 5.16 Å². The van der Waals surface area contributed by atoms with Crippen molar-refractivity contribution in [1.82, 2.24) is 15.0 Å². The third-order valence-electron chi connectivity index (χ3n) is 1.69. The molecule has 0 aliphatic carbocycles. The summed E-state index contributed by atoms with van der Waals surface area (Å²) in [5, 5.41) is 4.13. The van der Waals surface area contributed by atoms with Gasteiger partial charge in [0.05, 0.1) is 18.5 Å². The summed E-state index contributed by atoms with van der Waals surface area (Å²) in [5.74, 6) is 0.493. The molecule has 0 saturated carbocycles. The van der Waals surface area contributed by atoms with E-state index in [0.717, 1.165) is 13.2 Å². The van der Waals surface area contributed by atoms with Crippen molar-refractivity contribution < 1.29 is 4.74 Å². The van der Waals surface area contributed by atoms with Gasteiger partial charge in [0, 0.05) is 7.05 Å². The van der Waals surface area contributed by atoms with Gasteiger partial charge in [0.2, 0.25) is 11.2 Å². The van der Waals surface area contributed by atoms with Crippen molar-refractivity contribution in [3.63, 3.8) is 0 Å². The Bertz CT molecular complexity index is 333. The van der Waals surface area contributed by atoms with E-state index < -0.39 is 0 Å². The highest BCUT2D eigenvalue weighted by Gasteiger charge is 2.21. The summed E-state index contributed by atoms with van der Waals surface area (Å²) >= 11 is 7.29. The Morgan fingerprint density at radius 1 is 1.43 bits per heavy atom. The average Bonchev–Trinajstić information content (AvgIpc) is 2.10. The van der Waals surface area contributed by atoms with E-state index in [4.69, 9.17) is 16.3 Å². The molecule has 1 aliphatic heterocycles. The highest BCUT2D eigenvalue weighted by Crippen LogP contribution is 2.26. The third kappa shape index (κ3) is 2.26. The maximum Gasteiger partial charge on any atom is 0.228 e. The van der Waals surface area contributed by atoms with E-state index in [1.165, 1.54) is 0 Å². The third-order valence-corrected chi connectivity index (χ3v) is 2.86. The molecule has 0 unspecified atom stereocenters. The SMILES string of the molecule is CNc1nc(Cl)nc(SC2COC2)n1. The van der Waals surface area contributed by atoms with Crippen LogP contribution in [-0.2, 0) is 4.74 Å². The molecule has 1 saturated heterocycles. The second-order valence-electron chi connectivity index (χ2n) is 2.74. The first-order chi connectivity index (χ1) is 6.78. The van der Waals surface area contributed by atoms with Gasteiger partial charge in [0.1, 0.15) is 0 Å². The molecule has 1 aromatic heterocycles. The first-order valence-electron chi connectivity index (χ1n) is 4.11. The Morgan fingerprint density at radius 2 is 2.21 bits per heavy atom. The Labute approximate surface area is 90.6 Å². The lowest BCUT2D eigenvalue weighted by atomic mass is 10.4. The molecular formula is C7H9ClN4OS. The van der Waals surface area contributed by atoms with Crippen LogP contribution < -0.4 is 5.32 Å². The highest BCUT2D eigenvalue weighted by atomic mass is 35.5. The van der Waals surface area contributed by atoms with E-state index in [1.807, 2.05) is 0 Å². The monoisotopic (exact) mass is 232 g/mol. The molecule has 14 heavy (non-hydrogen) atoms. The van der Waals surface area contributed by atoms with Crippen LogP contribution in [0.5, 0.6) is 0 Å². The lowest BCUT2D eigenvalue weighted by molar-refractivity contribution is 0.0454. The van der Waals surface area contributed by atoms with Crippen molar-refractivity contribution in [2.24, 2.45) is 0 Å². The van der Waals surface area contributed by atoms with Gasteiger partial charge in [-0.3, -0.25) is 0 Å². The number of anilines is 1. The number of nitrogens with one attached hydrogen (secondary N) is 1. The van der Waals surface area contributed by atoms with Gasteiger partial charge in [-0.1, -0.05) is 11.8 Å². The maximum atomic E-state index is 5.73. The van der Waals surface area contributed by atoms with Crippen molar-refractivity contribution in [2.75, 3.05) is 25.6 Å². The predicted octanol–water partition coefficient (Wildman–Crippen LogP) is 1.06. The van der Waals surface area contributed by atoms with Gasteiger partial charge in [0.15, 0.2) is 5.16 Å². The molecule has 2 heterocycles. The van der Waals surface area contributed by atoms with Crippen LogP contribution in [0.1, 0.15) is 0 Å². The van der Waals surface area contributed by atoms with E-state index in [1.54, 1.807) is 18.8 Å². The molecule has 0 radical (unpaired) electrons. The minimum absolute atomic E-state index is 0.215. The van der Waals surface area contributed by atoms with Gasteiger partial charge in [-0.2, -0.15) is 15.0 Å². The summed E-state index contributed by atoms with van der Waals surface area (Å²) in [5.41, 5.74) is 0. The van der Waals surface area contributed by atoms with Gasteiger partial charge in [-0.05, 0) is 11.6 Å². The largest absolute Gasteiger partial charge is 0.379 e.